The molecule has 1 fully saturated rings. The van der Waals surface area contributed by atoms with Gasteiger partial charge in [0.15, 0.2) is 0 Å². The highest BCUT2D eigenvalue weighted by atomic mass is 35.5. The molecular weight excluding hydrogens is 392 g/mol. The number of benzene rings is 2. The van der Waals surface area contributed by atoms with Crippen LogP contribution in [0.5, 0.6) is 11.5 Å². The highest BCUT2D eigenvalue weighted by Gasteiger charge is 2.29. The molecule has 29 heavy (non-hydrogen) atoms. The Labute approximate surface area is 175 Å². The number of carbonyl (C=O) groups is 2. The molecule has 2 aromatic carbocycles. The molecule has 0 spiro atoms. The summed E-state index contributed by atoms with van der Waals surface area (Å²) in [6, 6.07) is 12.5. The molecule has 1 aliphatic rings. The van der Waals surface area contributed by atoms with E-state index in [1.807, 2.05) is 12.1 Å². The van der Waals surface area contributed by atoms with E-state index in [1.165, 1.54) is 0 Å². The minimum Gasteiger partial charge on any atom is -0.497 e. The lowest BCUT2D eigenvalue weighted by Gasteiger charge is -2.32. The van der Waals surface area contributed by atoms with Gasteiger partial charge in [0.25, 0.3) is 5.91 Å². The second-order valence-electron chi connectivity index (χ2n) is 6.97. The van der Waals surface area contributed by atoms with Crippen molar-refractivity contribution < 1.29 is 19.1 Å². The smallest absolute Gasteiger partial charge is 0.255 e. The van der Waals surface area contributed by atoms with Crippen LogP contribution in [0.4, 0.5) is 0 Å². The van der Waals surface area contributed by atoms with Gasteiger partial charge in [0.1, 0.15) is 11.5 Å². The fourth-order valence-electron chi connectivity index (χ4n) is 3.51. The number of carbonyl (C=O) groups excluding carboxylic acids is 2. The normalized spacial score (nSPS) is 16.2. The van der Waals surface area contributed by atoms with Gasteiger partial charge >= 0.3 is 0 Å². The van der Waals surface area contributed by atoms with Crippen LogP contribution in [-0.2, 0) is 11.3 Å². The molecule has 154 valence electrons. The maximum atomic E-state index is 12.8. The summed E-state index contributed by atoms with van der Waals surface area (Å²) in [4.78, 5) is 27.2. The Morgan fingerprint density at radius 3 is 2.69 bits per heavy atom. The topological polar surface area (TPSA) is 67.9 Å². The number of rotatable bonds is 6. The summed E-state index contributed by atoms with van der Waals surface area (Å²) >= 11 is 6.16. The van der Waals surface area contributed by atoms with E-state index >= 15 is 0 Å². The molecule has 0 saturated carbocycles. The van der Waals surface area contributed by atoms with Crippen molar-refractivity contribution in [3.05, 3.63) is 58.6 Å². The second-order valence-corrected chi connectivity index (χ2v) is 7.37. The van der Waals surface area contributed by atoms with Gasteiger partial charge in [-0.15, -0.1) is 0 Å². The Balaban J connectivity index is 1.61. The van der Waals surface area contributed by atoms with Crippen LogP contribution in [0.1, 0.15) is 28.8 Å². The first-order chi connectivity index (χ1) is 14.0. The fourth-order valence-corrected chi connectivity index (χ4v) is 3.72. The predicted octanol–water partition coefficient (Wildman–Crippen LogP) is 3.53. The van der Waals surface area contributed by atoms with Crippen molar-refractivity contribution in [1.29, 1.82) is 0 Å². The summed E-state index contributed by atoms with van der Waals surface area (Å²) in [6.45, 7) is 1.36. The van der Waals surface area contributed by atoms with Gasteiger partial charge in [-0.3, -0.25) is 9.59 Å². The Kier molecular flexibility index (Phi) is 6.99. The third-order valence-corrected chi connectivity index (χ3v) is 5.46. The largest absolute Gasteiger partial charge is 0.497 e. The van der Waals surface area contributed by atoms with Crippen LogP contribution in [0.2, 0.25) is 5.02 Å². The number of ether oxygens (including phenoxy) is 2. The van der Waals surface area contributed by atoms with Crippen LogP contribution in [0.25, 0.3) is 0 Å². The van der Waals surface area contributed by atoms with E-state index in [-0.39, 0.29) is 17.7 Å². The first-order valence-electron chi connectivity index (χ1n) is 9.56. The van der Waals surface area contributed by atoms with E-state index in [2.05, 4.69) is 5.32 Å². The zero-order valence-electron chi connectivity index (χ0n) is 16.6. The number of likely N-dealkylation sites (tertiary alicyclic amines) is 1. The van der Waals surface area contributed by atoms with Crippen LogP contribution in [0.3, 0.4) is 0 Å². The van der Waals surface area contributed by atoms with Crippen molar-refractivity contribution in [3.63, 3.8) is 0 Å². The van der Waals surface area contributed by atoms with Gasteiger partial charge in [0, 0.05) is 31.3 Å². The van der Waals surface area contributed by atoms with Crippen molar-refractivity contribution in [1.82, 2.24) is 10.2 Å². The first kappa shape index (κ1) is 21.0. The Morgan fingerprint density at radius 2 is 1.97 bits per heavy atom. The van der Waals surface area contributed by atoms with Gasteiger partial charge in [-0.05, 0) is 37.1 Å². The lowest BCUT2D eigenvalue weighted by Crippen LogP contribution is -2.45. The van der Waals surface area contributed by atoms with E-state index < -0.39 is 0 Å². The molecule has 0 aliphatic carbocycles. The SMILES string of the molecule is COc1ccc(CNC(=O)C2CCCN(C(=O)c3ccccc3Cl)C2)c(OC)c1. The molecule has 1 heterocycles. The van der Waals surface area contributed by atoms with Gasteiger partial charge in [-0.2, -0.15) is 0 Å². The molecule has 1 N–H and O–H groups in total. The zero-order valence-corrected chi connectivity index (χ0v) is 17.4. The maximum absolute atomic E-state index is 12.8. The highest BCUT2D eigenvalue weighted by molar-refractivity contribution is 6.33. The number of methoxy groups -OCH3 is 2. The molecule has 2 aromatic rings. The molecule has 1 saturated heterocycles. The molecule has 3 rings (SSSR count). The third-order valence-electron chi connectivity index (χ3n) is 5.13. The van der Waals surface area contributed by atoms with Crippen LogP contribution in [-0.4, -0.2) is 44.0 Å². The van der Waals surface area contributed by atoms with Gasteiger partial charge in [-0.1, -0.05) is 23.7 Å². The summed E-state index contributed by atoms with van der Waals surface area (Å²) in [5.41, 5.74) is 1.33. The molecule has 1 aliphatic heterocycles. The van der Waals surface area contributed by atoms with E-state index in [0.717, 1.165) is 18.4 Å². The molecular formula is C22H25ClN2O4. The lowest BCUT2D eigenvalue weighted by molar-refractivity contribution is -0.126. The van der Waals surface area contributed by atoms with Crippen molar-refractivity contribution in [2.75, 3.05) is 27.3 Å². The number of nitrogens with zero attached hydrogens (tertiary/aromatic N) is 1. The number of piperidine rings is 1. The number of hydrogen-bond acceptors (Lipinski definition) is 4. The first-order valence-corrected chi connectivity index (χ1v) is 9.93. The zero-order chi connectivity index (χ0) is 20.8. The van der Waals surface area contributed by atoms with E-state index in [0.29, 0.717) is 41.7 Å². The minimum atomic E-state index is -0.251. The molecule has 7 heteroatoms. The summed E-state index contributed by atoms with van der Waals surface area (Å²) in [5.74, 6) is 0.894. The maximum Gasteiger partial charge on any atom is 0.255 e. The van der Waals surface area contributed by atoms with Gasteiger partial charge < -0.3 is 19.7 Å². The average Bonchev–Trinajstić information content (AvgIpc) is 2.77. The van der Waals surface area contributed by atoms with Crippen LogP contribution < -0.4 is 14.8 Å². The Bertz CT molecular complexity index is 887. The van der Waals surface area contributed by atoms with Crippen LogP contribution >= 0.6 is 11.6 Å². The van der Waals surface area contributed by atoms with Gasteiger partial charge in [0.2, 0.25) is 5.91 Å². The Hall–Kier alpha value is -2.73. The van der Waals surface area contributed by atoms with Crippen molar-refractivity contribution in [3.8, 4) is 11.5 Å². The molecule has 6 nitrogen and oxygen atoms in total. The van der Waals surface area contributed by atoms with Crippen molar-refractivity contribution >= 4 is 23.4 Å². The highest BCUT2D eigenvalue weighted by Crippen LogP contribution is 2.25. The third kappa shape index (κ3) is 5.01. The second kappa shape index (κ2) is 9.65. The van der Waals surface area contributed by atoms with E-state index in [4.69, 9.17) is 21.1 Å². The predicted molar refractivity (Wildman–Crippen MR) is 111 cm³/mol. The fraction of sp³-hybridized carbons (Fsp3) is 0.364. The summed E-state index contributed by atoms with van der Waals surface area (Å²) in [6.07, 6.45) is 1.53. The van der Waals surface area contributed by atoms with Crippen LogP contribution in [0.15, 0.2) is 42.5 Å². The molecule has 0 radical (unpaired) electrons. The molecule has 0 aromatic heterocycles. The molecule has 2 amide bonds. The summed E-state index contributed by atoms with van der Waals surface area (Å²) < 4.78 is 10.6. The van der Waals surface area contributed by atoms with Gasteiger partial charge in [0.05, 0.1) is 30.7 Å². The van der Waals surface area contributed by atoms with E-state index in [1.54, 1.807) is 49.5 Å². The summed E-state index contributed by atoms with van der Waals surface area (Å²) in [5, 5.41) is 3.39. The number of amides is 2. The standard InChI is InChI=1S/C22H25ClN2O4/c1-28-17-10-9-15(20(12-17)29-2)13-24-21(26)16-6-5-11-25(14-16)22(27)18-7-3-4-8-19(18)23/h3-4,7-10,12,16H,5-6,11,13-14H2,1-2H3,(H,24,26). The van der Waals surface area contributed by atoms with E-state index in [9.17, 15) is 9.59 Å². The monoisotopic (exact) mass is 416 g/mol. The van der Waals surface area contributed by atoms with Crippen molar-refractivity contribution in [2.24, 2.45) is 5.92 Å². The number of hydrogen-bond donors (Lipinski definition) is 1. The van der Waals surface area contributed by atoms with Crippen molar-refractivity contribution in [2.45, 2.75) is 19.4 Å². The molecule has 0 bridgehead atoms. The lowest BCUT2D eigenvalue weighted by atomic mass is 9.96. The van der Waals surface area contributed by atoms with Gasteiger partial charge in [-0.25, -0.2) is 0 Å². The minimum absolute atomic E-state index is 0.0699. The summed E-state index contributed by atoms with van der Waals surface area (Å²) in [7, 11) is 3.17. The van der Waals surface area contributed by atoms with Crippen LogP contribution in [0, 0.1) is 5.92 Å². The average molecular weight is 417 g/mol. The molecule has 1 unspecified atom stereocenters. The molecule has 1 atom stereocenters. The number of nitrogens with one attached hydrogen (secondary N) is 1. The Morgan fingerprint density at radius 1 is 1.17 bits per heavy atom. The quantitative estimate of drug-likeness (QED) is 0.782. The number of halogens is 1.